The molecule has 0 bridgehead atoms. The van der Waals surface area contributed by atoms with Crippen LogP contribution in [0, 0.1) is 5.82 Å². The molecule has 0 aliphatic carbocycles. The van der Waals surface area contributed by atoms with Crippen molar-refractivity contribution < 1.29 is 14.3 Å². The first kappa shape index (κ1) is 16.0. The molecule has 1 N–H and O–H groups in total. The summed E-state index contributed by atoms with van der Waals surface area (Å²) in [7, 11) is 0. The molecule has 0 unspecified atom stereocenters. The Morgan fingerprint density at radius 2 is 2.00 bits per heavy atom. The van der Waals surface area contributed by atoms with Crippen LogP contribution in [0.1, 0.15) is 23.2 Å². The molecule has 23 heavy (non-hydrogen) atoms. The number of hydrogen-bond acceptors (Lipinski definition) is 2. The molecule has 1 saturated heterocycles. The molecule has 0 radical (unpaired) electrons. The summed E-state index contributed by atoms with van der Waals surface area (Å²) in [5.74, 6) is -0.439. The van der Waals surface area contributed by atoms with E-state index in [-0.39, 0.29) is 24.4 Å². The van der Waals surface area contributed by atoms with Crippen LogP contribution in [0.15, 0.2) is 42.5 Å². The Morgan fingerprint density at radius 3 is 2.70 bits per heavy atom. The van der Waals surface area contributed by atoms with Crippen LogP contribution in [0.4, 0.5) is 4.39 Å². The molecular weight excluding hydrogens is 317 g/mol. The Balaban J connectivity index is 1.84. The van der Waals surface area contributed by atoms with Gasteiger partial charge in [0, 0.05) is 22.7 Å². The lowest BCUT2D eigenvalue weighted by molar-refractivity contribution is 0.0677. The first-order chi connectivity index (χ1) is 11.1. The average molecular weight is 334 g/mol. The van der Waals surface area contributed by atoms with E-state index in [0.29, 0.717) is 22.7 Å². The summed E-state index contributed by atoms with van der Waals surface area (Å²) in [5.41, 5.74) is 1.91. The minimum Gasteiger partial charge on any atom is -0.394 e. The lowest BCUT2D eigenvalue weighted by Gasteiger charge is -2.23. The molecule has 1 heterocycles. The minimum atomic E-state index is -0.354. The Bertz CT molecular complexity index is 717. The second kappa shape index (κ2) is 6.69. The van der Waals surface area contributed by atoms with Crippen molar-refractivity contribution in [2.75, 3.05) is 13.2 Å². The van der Waals surface area contributed by atoms with Crippen molar-refractivity contribution in [3.8, 4) is 11.1 Å². The van der Waals surface area contributed by atoms with Gasteiger partial charge in [-0.15, -0.1) is 0 Å². The van der Waals surface area contributed by atoms with Gasteiger partial charge in [-0.1, -0.05) is 23.7 Å². The van der Waals surface area contributed by atoms with Crippen molar-refractivity contribution in [3.05, 3.63) is 58.9 Å². The third kappa shape index (κ3) is 3.23. The highest BCUT2D eigenvalue weighted by Crippen LogP contribution is 2.29. The second-order valence-electron chi connectivity index (χ2n) is 5.68. The number of nitrogens with zero attached hydrogens (tertiary/aromatic N) is 1. The van der Waals surface area contributed by atoms with E-state index in [2.05, 4.69) is 0 Å². The summed E-state index contributed by atoms with van der Waals surface area (Å²) in [6.07, 6.45) is 1.74. The molecule has 0 aromatic heterocycles. The summed E-state index contributed by atoms with van der Waals surface area (Å²) >= 11 is 6.10. The van der Waals surface area contributed by atoms with E-state index in [9.17, 15) is 14.3 Å². The van der Waals surface area contributed by atoms with Gasteiger partial charge in [0.05, 0.1) is 12.6 Å². The fraction of sp³-hybridized carbons (Fsp3) is 0.278. The quantitative estimate of drug-likeness (QED) is 0.929. The van der Waals surface area contributed by atoms with Gasteiger partial charge in [0.1, 0.15) is 5.82 Å². The first-order valence-electron chi connectivity index (χ1n) is 7.57. The lowest BCUT2D eigenvalue weighted by atomic mass is 10.0. The van der Waals surface area contributed by atoms with E-state index in [1.165, 1.54) is 18.2 Å². The Kier molecular flexibility index (Phi) is 4.64. The topological polar surface area (TPSA) is 40.5 Å². The highest BCUT2D eigenvalue weighted by atomic mass is 35.5. The number of benzene rings is 2. The molecule has 1 aliphatic heterocycles. The molecule has 1 atom stereocenters. The Hall–Kier alpha value is -1.91. The van der Waals surface area contributed by atoms with Gasteiger partial charge in [-0.3, -0.25) is 4.79 Å². The van der Waals surface area contributed by atoms with E-state index in [1.54, 1.807) is 29.2 Å². The standard InChI is InChI=1S/C18H17ClFNO2/c19-17-8-7-14(20)10-16(17)12-3-5-13(6-4-12)18(23)21-9-1-2-15(21)11-22/h3-8,10,15,22H,1-2,9,11H2/t15-/m0/s1. The van der Waals surface area contributed by atoms with E-state index >= 15 is 0 Å². The molecule has 5 heteroatoms. The molecule has 3 nitrogen and oxygen atoms in total. The molecule has 3 rings (SSSR count). The van der Waals surface area contributed by atoms with E-state index in [4.69, 9.17) is 11.6 Å². The zero-order chi connectivity index (χ0) is 16.4. The molecule has 0 spiro atoms. The van der Waals surface area contributed by atoms with Crippen molar-refractivity contribution >= 4 is 17.5 Å². The number of aliphatic hydroxyl groups excluding tert-OH is 1. The summed E-state index contributed by atoms with van der Waals surface area (Å²) in [6, 6.07) is 11.1. The smallest absolute Gasteiger partial charge is 0.254 e. The van der Waals surface area contributed by atoms with Gasteiger partial charge in [0.25, 0.3) is 5.91 Å². The Labute approximate surface area is 139 Å². The van der Waals surface area contributed by atoms with Crippen molar-refractivity contribution in [3.63, 3.8) is 0 Å². The highest BCUT2D eigenvalue weighted by molar-refractivity contribution is 6.33. The number of halogens is 2. The fourth-order valence-electron chi connectivity index (χ4n) is 2.97. The lowest BCUT2D eigenvalue weighted by Crippen LogP contribution is -2.37. The maximum Gasteiger partial charge on any atom is 0.254 e. The summed E-state index contributed by atoms with van der Waals surface area (Å²) in [4.78, 5) is 14.2. The molecule has 1 amide bonds. The van der Waals surface area contributed by atoms with E-state index in [0.717, 1.165) is 18.4 Å². The average Bonchev–Trinajstić information content (AvgIpc) is 3.05. The van der Waals surface area contributed by atoms with Gasteiger partial charge in [-0.05, 0) is 48.7 Å². The molecule has 120 valence electrons. The number of amides is 1. The van der Waals surface area contributed by atoms with Gasteiger partial charge >= 0.3 is 0 Å². The summed E-state index contributed by atoms with van der Waals surface area (Å²) < 4.78 is 13.4. The van der Waals surface area contributed by atoms with E-state index in [1.807, 2.05) is 0 Å². The van der Waals surface area contributed by atoms with Crippen LogP contribution in [-0.4, -0.2) is 35.1 Å². The van der Waals surface area contributed by atoms with Crippen LogP contribution in [0.5, 0.6) is 0 Å². The number of rotatable bonds is 3. The minimum absolute atomic E-state index is 0.0112. The van der Waals surface area contributed by atoms with Crippen LogP contribution >= 0.6 is 11.6 Å². The van der Waals surface area contributed by atoms with Gasteiger partial charge in [-0.25, -0.2) is 4.39 Å². The normalized spacial score (nSPS) is 17.5. The molecule has 1 fully saturated rings. The number of aliphatic hydroxyl groups is 1. The van der Waals surface area contributed by atoms with Crippen LogP contribution < -0.4 is 0 Å². The van der Waals surface area contributed by atoms with Crippen molar-refractivity contribution in [1.82, 2.24) is 4.90 Å². The number of carbonyl (C=O) groups is 1. The SMILES string of the molecule is O=C(c1ccc(-c2cc(F)ccc2Cl)cc1)N1CCC[C@H]1CO. The highest BCUT2D eigenvalue weighted by Gasteiger charge is 2.28. The van der Waals surface area contributed by atoms with Crippen LogP contribution in [-0.2, 0) is 0 Å². The zero-order valence-electron chi connectivity index (χ0n) is 12.5. The third-order valence-corrected chi connectivity index (χ3v) is 4.55. The summed E-state index contributed by atoms with van der Waals surface area (Å²) in [5, 5.41) is 9.80. The van der Waals surface area contributed by atoms with Gasteiger partial charge in [0.2, 0.25) is 0 Å². The number of hydrogen-bond donors (Lipinski definition) is 1. The predicted octanol–water partition coefficient (Wildman–Crippen LogP) is 3.74. The molecule has 2 aromatic rings. The van der Waals surface area contributed by atoms with Crippen LogP contribution in [0.2, 0.25) is 5.02 Å². The van der Waals surface area contributed by atoms with Gasteiger partial charge in [-0.2, -0.15) is 0 Å². The monoisotopic (exact) mass is 333 g/mol. The third-order valence-electron chi connectivity index (χ3n) is 4.22. The largest absolute Gasteiger partial charge is 0.394 e. The zero-order valence-corrected chi connectivity index (χ0v) is 13.3. The predicted molar refractivity (Wildman–Crippen MR) is 88.0 cm³/mol. The summed E-state index contributed by atoms with van der Waals surface area (Å²) in [6.45, 7) is 0.657. The van der Waals surface area contributed by atoms with Crippen molar-refractivity contribution in [2.24, 2.45) is 0 Å². The molecule has 1 aliphatic rings. The first-order valence-corrected chi connectivity index (χ1v) is 7.95. The van der Waals surface area contributed by atoms with Crippen molar-refractivity contribution in [1.29, 1.82) is 0 Å². The van der Waals surface area contributed by atoms with Gasteiger partial charge < -0.3 is 10.0 Å². The molecular formula is C18H17ClFNO2. The Morgan fingerprint density at radius 1 is 1.26 bits per heavy atom. The van der Waals surface area contributed by atoms with E-state index < -0.39 is 0 Å². The molecule has 0 saturated carbocycles. The molecule has 2 aromatic carbocycles. The van der Waals surface area contributed by atoms with Crippen LogP contribution in [0.3, 0.4) is 0 Å². The van der Waals surface area contributed by atoms with Crippen molar-refractivity contribution in [2.45, 2.75) is 18.9 Å². The fourth-order valence-corrected chi connectivity index (χ4v) is 3.20. The maximum absolute atomic E-state index is 13.4. The maximum atomic E-state index is 13.4. The number of likely N-dealkylation sites (tertiary alicyclic amines) is 1. The second-order valence-corrected chi connectivity index (χ2v) is 6.09. The number of carbonyl (C=O) groups excluding carboxylic acids is 1. The van der Waals surface area contributed by atoms with Gasteiger partial charge in [0.15, 0.2) is 0 Å². The van der Waals surface area contributed by atoms with Crippen LogP contribution in [0.25, 0.3) is 11.1 Å².